The summed E-state index contributed by atoms with van der Waals surface area (Å²) < 4.78 is 0. The Labute approximate surface area is 224 Å². The summed E-state index contributed by atoms with van der Waals surface area (Å²) in [7, 11) is 0. The van der Waals surface area contributed by atoms with E-state index < -0.39 is 5.41 Å². The number of fused-ring (bicyclic) bond motifs is 1. The van der Waals surface area contributed by atoms with Crippen LogP contribution in [0.2, 0.25) is 5.02 Å². The van der Waals surface area contributed by atoms with Crippen molar-refractivity contribution in [2.75, 3.05) is 10.6 Å². The number of aromatic nitrogens is 5. The Balaban J connectivity index is 1.43. The van der Waals surface area contributed by atoms with Crippen LogP contribution in [0.5, 0.6) is 0 Å². The molecule has 3 N–H and O–H groups in total. The molecule has 3 aromatic heterocycles. The van der Waals surface area contributed by atoms with E-state index >= 15 is 0 Å². The average Bonchev–Trinajstić information content (AvgIpc) is 3.40. The van der Waals surface area contributed by atoms with Gasteiger partial charge in [-0.2, -0.15) is 5.26 Å². The number of rotatable bonds is 6. The predicted octanol–water partition coefficient (Wildman–Crippen LogP) is 6.17. The second kappa shape index (κ2) is 9.92. The highest BCUT2D eigenvalue weighted by atomic mass is 35.5. The number of aromatic amines is 1. The number of hydrogen-bond acceptors (Lipinski definition) is 7. The summed E-state index contributed by atoms with van der Waals surface area (Å²) in [6, 6.07) is 16.5. The Morgan fingerprint density at radius 2 is 1.92 bits per heavy atom. The Morgan fingerprint density at radius 1 is 1.08 bits per heavy atom. The molecule has 0 aliphatic rings. The van der Waals surface area contributed by atoms with Gasteiger partial charge in [-0.15, -0.1) is 0 Å². The third-order valence-electron chi connectivity index (χ3n) is 6.22. The summed E-state index contributed by atoms with van der Waals surface area (Å²) in [4.78, 5) is 33.6. The summed E-state index contributed by atoms with van der Waals surface area (Å²) in [5.74, 6) is 0.280. The Kier molecular flexibility index (Phi) is 6.49. The van der Waals surface area contributed by atoms with Gasteiger partial charge in [0.25, 0.3) is 5.91 Å². The van der Waals surface area contributed by atoms with Gasteiger partial charge in [0.15, 0.2) is 5.65 Å². The number of aryl methyl sites for hydroxylation is 1. The first-order chi connectivity index (χ1) is 18.3. The zero-order valence-electron chi connectivity index (χ0n) is 20.9. The van der Waals surface area contributed by atoms with E-state index in [1.54, 1.807) is 44.6 Å². The van der Waals surface area contributed by atoms with E-state index in [4.69, 9.17) is 11.6 Å². The summed E-state index contributed by atoms with van der Waals surface area (Å²) >= 11 is 6.31. The Morgan fingerprint density at radius 3 is 2.74 bits per heavy atom. The minimum atomic E-state index is -0.833. The first-order valence-corrected chi connectivity index (χ1v) is 12.1. The van der Waals surface area contributed by atoms with Gasteiger partial charge in [-0.1, -0.05) is 17.7 Å². The number of carbonyl (C=O) groups excluding carboxylic acids is 1. The normalized spacial score (nSPS) is 11.2. The fraction of sp³-hybridized carbons (Fsp3) is 0.143. The second-order valence-electron chi connectivity index (χ2n) is 9.26. The molecule has 0 bridgehead atoms. The monoisotopic (exact) mass is 522 g/mol. The van der Waals surface area contributed by atoms with Crippen molar-refractivity contribution in [3.8, 4) is 17.3 Å². The quantitative estimate of drug-likeness (QED) is 0.243. The number of nitrogens with zero attached hydrogens (tertiary/aromatic N) is 5. The number of anilines is 3. The standard InChI is InChI=1S/C28H23ClN8O/c1-16-6-8-18(36-27(38)17-7-9-21(29)20(11-17)28(2,3)13-30)12-22(16)37-25-19(5-4-10-31-25)23-24-26(34-14-32-23)35-15-33-24/h4-12,14-15H,1-3H3,(H,31,37)(H,36,38)(H,32,33,34,35). The van der Waals surface area contributed by atoms with E-state index in [1.807, 2.05) is 37.3 Å². The van der Waals surface area contributed by atoms with Gasteiger partial charge in [0.1, 0.15) is 23.4 Å². The lowest BCUT2D eigenvalue weighted by molar-refractivity contribution is 0.102. The highest BCUT2D eigenvalue weighted by molar-refractivity contribution is 6.31. The lowest BCUT2D eigenvalue weighted by Gasteiger charge is -2.18. The number of hydrogen-bond donors (Lipinski definition) is 3. The number of nitrogens with one attached hydrogen (secondary N) is 3. The van der Waals surface area contributed by atoms with Crippen molar-refractivity contribution in [3.63, 3.8) is 0 Å². The van der Waals surface area contributed by atoms with Gasteiger partial charge < -0.3 is 15.6 Å². The third-order valence-corrected chi connectivity index (χ3v) is 6.55. The molecule has 0 saturated carbocycles. The maximum atomic E-state index is 13.1. The van der Waals surface area contributed by atoms with Crippen molar-refractivity contribution in [3.05, 3.63) is 89.1 Å². The molecule has 9 nitrogen and oxygen atoms in total. The van der Waals surface area contributed by atoms with Crippen LogP contribution in [-0.2, 0) is 5.41 Å². The first-order valence-electron chi connectivity index (χ1n) is 11.8. The van der Waals surface area contributed by atoms with Crippen molar-refractivity contribution in [1.82, 2.24) is 24.9 Å². The number of nitriles is 1. The summed E-state index contributed by atoms with van der Waals surface area (Å²) in [5, 5.41) is 16.3. The van der Waals surface area contributed by atoms with Crippen molar-refractivity contribution < 1.29 is 4.79 Å². The number of H-pyrrole nitrogens is 1. The van der Waals surface area contributed by atoms with E-state index in [-0.39, 0.29) is 5.91 Å². The Hall–Kier alpha value is -4.81. The number of halogens is 1. The van der Waals surface area contributed by atoms with Gasteiger partial charge in [0.05, 0.1) is 17.8 Å². The lowest BCUT2D eigenvalue weighted by Crippen LogP contribution is -2.17. The topological polar surface area (TPSA) is 132 Å². The van der Waals surface area contributed by atoms with Crippen LogP contribution in [0.3, 0.4) is 0 Å². The number of amides is 1. The predicted molar refractivity (Wildman–Crippen MR) is 147 cm³/mol. The summed E-state index contributed by atoms with van der Waals surface area (Å²) in [6.45, 7) is 5.49. The van der Waals surface area contributed by atoms with Crippen molar-refractivity contribution in [1.29, 1.82) is 5.26 Å². The van der Waals surface area contributed by atoms with Crippen LogP contribution in [0.1, 0.15) is 35.3 Å². The van der Waals surface area contributed by atoms with Crippen LogP contribution < -0.4 is 10.6 Å². The Bertz CT molecular complexity index is 1720. The molecule has 0 fully saturated rings. The van der Waals surface area contributed by atoms with E-state index in [0.717, 1.165) is 16.8 Å². The molecular formula is C28H23ClN8O. The molecule has 3 heterocycles. The molecule has 0 saturated heterocycles. The molecular weight excluding hydrogens is 500 g/mol. The molecule has 5 rings (SSSR count). The molecule has 5 aromatic rings. The van der Waals surface area contributed by atoms with E-state index in [0.29, 0.717) is 44.5 Å². The molecule has 0 unspecified atom stereocenters. The molecule has 0 atom stereocenters. The van der Waals surface area contributed by atoms with Gasteiger partial charge in [0.2, 0.25) is 0 Å². The van der Waals surface area contributed by atoms with Crippen LogP contribution in [0.25, 0.3) is 22.4 Å². The third kappa shape index (κ3) is 4.77. The zero-order valence-corrected chi connectivity index (χ0v) is 21.6. The smallest absolute Gasteiger partial charge is 0.255 e. The van der Waals surface area contributed by atoms with Crippen LogP contribution >= 0.6 is 11.6 Å². The van der Waals surface area contributed by atoms with Gasteiger partial charge in [0, 0.05) is 33.7 Å². The highest BCUT2D eigenvalue weighted by Gasteiger charge is 2.24. The second-order valence-corrected chi connectivity index (χ2v) is 9.67. The average molecular weight is 523 g/mol. The minimum absolute atomic E-state index is 0.312. The number of carbonyl (C=O) groups is 1. The van der Waals surface area contributed by atoms with E-state index in [2.05, 4.69) is 41.6 Å². The molecule has 0 radical (unpaired) electrons. The van der Waals surface area contributed by atoms with Crippen LogP contribution in [0.15, 0.2) is 67.4 Å². The molecule has 0 aliphatic carbocycles. The van der Waals surface area contributed by atoms with Crippen molar-refractivity contribution in [2.45, 2.75) is 26.2 Å². The first kappa shape index (κ1) is 24.9. The van der Waals surface area contributed by atoms with Crippen molar-refractivity contribution >= 4 is 45.9 Å². The fourth-order valence-corrected chi connectivity index (χ4v) is 4.39. The maximum Gasteiger partial charge on any atom is 0.255 e. The molecule has 38 heavy (non-hydrogen) atoms. The number of benzene rings is 2. The molecule has 2 aromatic carbocycles. The maximum absolute atomic E-state index is 13.1. The van der Waals surface area contributed by atoms with Crippen LogP contribution in [0, 0.1) is 18.3 Å². The van der Waals surface area contributed by atoms with E-state index in [1.165, 1.54) is 6.33 Å². The summed E-state index contributed by atoms with van der Waals surface area (Å²) in [6.07, 6.45) is 4.74. The van der Waals surface area contributed by atoms with Crippen LogP contribution in [0.4, 0.5) is 17.2 Å². The van der Waals surface area contributed by atoms with Gasteiger partial charge in [-0.05, 0) is 74.4 Å². The molecule has 0 spiro atoms. The molecule has 1 amide bonds. The van der Waals surface area contributed by atoms with Crippen LogP contribution in [-0.4, -0.2) is 30.8 Å². The fourth-order valence-electron chi connectivity index (χ4n) is 4.04. The van der Waals surface area contributed by atoms with E-state index in [9.17, 15) is 10.1 Å². The van der Waals surface area contributed by atoms with Gasteiger partial charge >= 0.3 is 0 Å². The number of imidazole rings is 1. The zero-order chi connectivity index (χ0) is 26.9. The number of pyridine rings is 1. The molecule has 0 aliphatic heterocycles. The van der Waals surface area contributed by atoms with Crippen molar-refractivity contribution in [2.24, 2.45) is 0 Å². The van der Waals surface area contributed by atoms with Gasteiger partial charge in [-0.3, -0.25) is 4.79 Å². The SMILES string of the molecule is Cc1ccc(NC(=O)c2ccc(Cl)c(C(C)(C)C#N)c2)cc1Nc1ncccc1-c1ncnc2nc[nH]c12. The summed E-state index contributed by atoms with van der Waals surface area (Å²) in [5.41, 5.74) is 5.20. The van der Waals surface area contributed by atoms with Gasteiger partial charge in [-0.25, -0.2) is 19.9 Å². The minimum Gasteiger partial charge on any atom is -0.341 e. The lowest BCUT2D eigenvalue weighted by atomic mass is 9.85. The molecule has 188 valence electrons. The highest BCUT2D eigenvalue weighted by Crippen LogP contribution is 2.33. The molecule has 10 heteroatoms. The largest absolute Gasteiger partial charge is 0.341 e.